The van der Waals surface area contributed by atoms with Crippen LogP contribution >= 0.6 is 0 Å². The lowest BCUT2D eigenvalue weighted by atomic mass is 10.00. The molecular formula is C19H36O3. The smallest absolute Gasteiger partial charge is 0.335 e. The average molecular weight is 312 g/mol. The summed E-state index contributed by atoms with van der Waals surface area (Å²) in [6, 6.07) is 0. The maximum absolute atomic E-state index is 11.3. The molecule has 1 aliphatic heterocycles. The summed E-state index contributed by atoms with van der Waals surface area (Å²) in [5, 5.41) is 9.29. The van der Waals surface area contributed by atoms with Gasteiger partial charge in [0, 0.05) is 0 Å². The van der Waals surface area contributed by atoms with E-state index in [0.29, 0.717) is 6.42 Å². The van der Waals surface area contributed by atoms with Gasteiger partial charge < -0.3 is 9.84 Å². The van der Waals surface area contributed by atoms with Crippen LogP contribution in [-0.2, 0) is 9.53 Å². The molecule has 0 amide bonds. The van der Waals surface area contributed by atoms with E-state index in [1.54, 1.807) is 0 Å². The molecule has 1 aliphatic rings. The van der Waals surface area contributed by atoms with E-state index in [9.17, 15) is 9.90 Å². The molecular weight excluding hydrogens is 276 g/mol. The number of unbranched alkanes of at least 4 members (excludes halogenated alkanes) is 11. The van der Waals surface area contributed by atoms with Gasteiger partial charge in [0.05, 0.1) is 0 Å². The minimum absolute atomic E-state index is 0.0546. The van der Waals surface area contributed by atoms with Crippen LogP contribution in [0.15, 0.2) is 0 Å². The van der Waals surface area contributed by atoms with Crippen molar-refractivity contribution in [1.82, 2.24) is 0 Å². The highest BCUT2D eigenvalue weighted by Gasteiger charge is 2.27. The molecule has 130 valence electrons. The number of carbonyl (C=O) groups excluding carboxylic acids is 1. The number of ether oxygens (including phenoxy) is 1. The molecule has 2 unspecified atom stereocenters. The van der Waals surface area contributed by atoms with E-state index in [-0.39, 0.29) is 6.10 Å². The van der Waals surface area contributed by atoms with Gasteiger partial charge in [0.2, 0.25) is 0 Å². The summed E-state index contributed by atoms with van der Waals surface area (Å²) in [6.07, 6.45) is 17.7. The Labute approximate surface area is 136 Å². The highest BCUT2D eigenvalue weighted by molar-refractivity contribution is 5.75. The van der Waals surface area contributed by atoms with E-state index in [1.165, 1.54) is 70.6 Å². The first-order valence-corrected chi connectivity index (χ1v) is 9.62. The Morgan fingerprint density at radius 3 is 1.86 bits per heavy atom. The Kier molecular flexibility index (Phi) is 11.4. The maximum Gasteiger partial charge on any atom is 0.335 e. The zero-order chi connectivity index (χ0) is 16.0. The van der Waals surface area contributed by atoms with Crippen LogP contribution in [0.3, 0.4) is 0 Å². The van der Waals surface area contributed by atoms with Gasteiger partial charge in [-0.3, -0.25) is 0 Å². The van der Waals surface area contributed by atoms with Crippen molar-refractivity contribution >= 4 is 5.97 Å². The molecule has 0 aromatic heterocycles. The molecule has 0 spiro atoms. The van der Waals surface area contributed by atoms with E-state index >= 15 is 0 Å². The SMILES string of the molecule is CCCCCCCCCCCCCCC1CCC(O)C(=O)O1. The Bertz CT molecular complexity index is 278. The topological polar surface area (TPSA) is 46.5 Å². The van der Waals surface area contributed by atoms with Crippen LogP contribution in [0.25, 0.3) is 0 Å². The highest BCUT2D eigenvalue weighted by atomic mass is 16.6. The molecule has 3 heteroatoms. The maximum atomic E-state index is 11.3. The molecule has 0 radical (unpaired) electrons. The van der Waals surface area contributed by atoms with Gasteiger partial charge in [0.1, 0.15) is 6.10 Å². The van der Waals surface area contributed by atoms with Gasteiger partial charge in [0.25, 0.3) is 0 Å². The number of aliphatic hydroxyl groups is 1. The predicted octanol–water partition coefficient (Wildman–Crippen LogP) is 5.14. The van der Waals surface area contributed by atoms with Gasteiger partial charge in [-0.1, -0.05) is 77.6 Å². The van der Waals surface area contributed by atoms with Crippen LogP contribution in [0.5, 0.6) is 0 Å². The third-order valence-electron chi connectivity index (χ3n) is 4.70. The van der Waals surface area contributed by atoms with Crippen LogP contribution in [0, 0.1) is 0 Å². The largest absolute Gasteiger partial charge is 0.460 e. The quantitative estimate of drug-likeness (QED) is 0.378. The molecule has 0 aromatic carbocycles. The van der Waals surface area contributed by atoms with Gasteiger partial charge in [-0.25, -0.2) is 4.79 Å². The second-order valence-corrected chi connectivity index (χ2v) is 6.83. The van der Waals surface area contributed by atoms with E-state index in [2.05, 4.69) is 6.92 Å². The first-order valence-electron chi connectivity index (χ1n) is 9.62. The monoisotopic (exact) mass is 312 g/mol. The minimum Gasteiger partial charge on any atom is -0.460 e. The molecule has 1 fully saturated rings. The number of hydrogen-bond donors (Lipinski definition) is 1. The minimum atomic E-state index is -0.877. The zero-order valence-corrected chi connectivity index (χ0v) is 14.5. The van der Waals surface area contributed by atoms with Gasteiger partial charge >= 0.3 is 5.97 Å². The fraction of sp³-hybridized carbons (Fsp3) is 0.947. The normalized spacial score (nSPS) is 21.8. The highest BCUT2D eigenvalue weighted by Crippen LogP contribution is 2.20. The third kappa shape index (κ3) is 9.45. The molecule has 22 heavy (non-hydrogen) atoms. The number of rotatable bonds is 13. The molecule has 1 N–H and O–H groups in total. The van der Waals surface area contributed by atoms with Crippen molar-refractivity contribution in [2.24, 2.45) is 0 Å². The van der Waals surface area contributed by atoms with Crippen molar-refractivity contribution in [3.05, 3.63) is 0 Å². The van der Waals surface area contributed by atoms with E-state index in [4.69, 9.17) is 4.74 Å². The van der Waals surface area contributed by atoms with Crippen LogP contribution in [0.4, 0.5) is 0 Å². The summed E-state index contributed by atoms with van der Waals surface area (Å²) >= 11 is 0. The number of cyclic esters (lactones) is 1. The molecule has 0 aliphatic carbocycles. The molecule has 0 saturated carbocycles. The summed E-state index contributed by atoms with van der Waals surface area (Å²) in [6.45, 7) is 2.27. The van der Waals surface area contributed by atoms with Gasteiger partial charge in [-0.05, 0) is 25.7 Å². The molecule has 3 nitrogen and oxygen atoms in total. The first-order chi connectivity index (χ1) is 10.7. The Morgan fingerprint density at radius 1 is 0.864 bits per heavy atom. The number of esters is 1. The average Bonchev–Trinajstić information content (AvgIpc) is 2.52. The van der Waals surface area contributed by atoms with Gasteiger partial charge in [-0.2, -0.15) is 0 Å². The second-order valence-electron chi connectivity index (χ2n) is 6.83. The van der Waals surface area contributed by atoms with Crippen molar-refractivity contribution in [3.8, 4) is 0 Å². The molecule has 0 bridgehead atoms. The number of carbonyl (C=O) groups is 1. The molecule has 1 heterocycles. The molecule has 0 aromatic rings. The van der Waals surface area contributed by atoms with Crippen molar-refractivity contribution in [2.45, 2.75) is 115 Å². The van der Waals surface area contributed by atoms with Crippen LogP contribution in [0.2, 0.25) is 0 Å². The Balaban J connectivity index is 1.79. The molecule has 1 saturated heterocycles. The van der Waals surface area contributed by atoms with Crippen LogP contribution in [0.1, 0.15) is 103 Å². The lowest BCUT2D eigenvalue weighted by Crippen LogP contribution is -2.34. The van der Waals surface area contributed by atoms with Gasteiger partial charge in [0.15, 0.2) is 6.10 Å². The second kappa shape index (κ2) is 12.9. The fourth-order valence-corrected chi connectivity index (χ4v) is 3.18. The summed E-state index contributed by atoms with van der Waals surface area (Å²) in [5.41, 5.74) is 0. The summed E-state index contributed by atoms with van der Waals surface area (Å²) in [5.74, 6) is -0.421. The summed E-state index contributed by atoms with van der Waals surface area (Å²) in [4.78, 5) is 11.3. The van der Waals surface area contributed by atoms with Crippen LogP contribution < -0.4 is 0 Å². The molecule has 1 rings (SSSR count). The Hall–Kier alpha value is -0.570. The summed E-state index contributed by atoms with van der Waals surface area (Å²) in [7, 11) is 0. The summed E-state index contributed by atoms with van der Waals surface area (Å²) < 4.78 is 5.21. The van der Waals surface area contributed by atoms with Crippen molar-refractivity contribution < 1.29 is 14.6 Å². The van der Waals surface area contributed by atoms with Crippen LogP contribution in [-0.4, -0.2) is 23.3 Å². The third-order valence-corrected chi connectivity index (χ3v) is 4.70. The van der Waals surface area contributed by atoms with Crippen molar-refractivity contribution in [2.75, 3.05) is 0 Å². The Morgan fingerprint density at radius 2 is 1.36 bits per heavy atom. The van der Waals surface area contributed by atoms with E-state index in [1.807, 2.05) is 0 Å². The van der Waals surface area contributed by atoms with Crippen molar-refractivity contribution in [1.29, 1.82) is 0 Å². The van der Waals surface area contributed by atoms with Gasteiger partial charge in [-0.15, -0.1) is 0 Å². The zero-order valence-electron chi connectivity index (χ0n) is 14.5. The van der Waals surface area contributed by atoms with Crippen molar-refractivity contribution in [3.63, 3.8) is 0 Å². The first kappa shape index (κ1) is 19.5. The van der Waals surface area contributed by atoms with E-state index in [0.717, 1.165) is 19.3 Å². The fourth-order valence-electron chi connectivity index (χ4n) is 3.18. The number of hydrogen-bond acceptors (Lipinski definition) is 3. The number of aliphatic hydroxyl groups excluding tert-OH is 1. The lowest BCUT2D eigenvalue weighted by molar-refractivity contribution is -0.167. The lowest BCUT2D eigenvalue weighted by Gasteiger charge is -2.25. The molecule has 2 atom stereocenters. The van der Waals surface area contributed by atoms with E-state index < -0.39 is 12.1 Å². The standard InChI is InChI=1S/C19H36O3/c1-2-3-4-5-6-7-8-9-10-11-12-13-14-17-15-16-18(20)19(21)22-17/h17-18,20H,2-16H2,1H3. The predicted molar refractivity (Wildman–Crippen MR) is 90.8 cm³/mol.